The van der Waals surface area contributed by atoms with Crippen molar-refractivity contribution in [1.29, 1.82) is 0 Å². The first-order valence-corrected chi connectivity index (χ1v) is 7.67. The van der Waals surface area contributed by atoms with Crippen molar-refractivity contribution in [2.75, 3.05) is 19.6 Å². The van der Waals surface area contributed by atoms with Crippen LogP contribution in [0.2, 0.25) is 0 Å². The SMILES string of the molecule is c1ccc2c(CNC3CN4CCC3CC4)cncc2c1. The van der Waals surface area contributed by atoms with Crippen LogP contribution in [0.4, 0.5) is 0 Å². The standard InChI is InChI=1S/C17H21N3/c1-2-4-16-14(3-1)9-18-10-15(16)11-19-17-12-20-7-5-13(17)6-8-20/h1-4,9-10,13,17,19H,5-8,11-12H2. The molecule has 0 aliphatic carbocycles. The van der Waals surface area contributed by atoms with Crippen molar-refractivity contribution >= 4 is 10.8 Å². The number of aromatic nitrogens is 1. The largest absolute Gasteiger partial charge is 0.308 e. The maximum Gasteiger partial charge on any atom is 0.0346 e. The third kappa shape index (κ3) is 2.21. The zero-order chi connectivity index (χ0) is 13.4. The van der Waals surface area contributed by atoms with Crippen LogP contribution in [0.5, 0.6) is 0 Å². The van der Waals surface area contributed by atoms with Crippen LogP contribution in [0, 0.1) is 5.92 Å². The fraction of sp³-hybridized carbons (Fsp3) is 0.471. The Morgan fingerprint density at radius 3 is 2.80 bits per heavy atom. The van der Waals surface area contributed by atoms with Gasteiger partial charge < -0.3 is 10.2 Å². The molecule has 0 radical (unpaired) electrons. The molecule has 3 heteroatoms. The molecule has 1 unspecified atom stereocenters. The fourth-order valence-corrected chi connectivity index (χ4v) is 3.76. The molecule has 0 saturated carbocycles. The summed E-state index contributed by atoms with van der Waals surface area (Å²) in [6.45, 7) is 4.77. The topological polar surface area (TPSA) is 28.2 Å². The van der Waals surface area contributed by atoms with Crippen molar-refractivity contribution in [2.45, 2.75) is 25.4 Å². The van der Waals surface area contributed by atoms with Gasteiger partial charge in [0.05, 0.1) is 0 Å². The molecule has 104 valence electrons. The minimum Gasteiger partial charge on any atom is -0.308 e. The molecule has 4 heterocycles. The van der Waals surface area contributed by atoms with Crippen molar-refractivity contribution in [3.8, 4) is 0 Å². The zero-order valence-corrected chi connectivity index (χ0v) is 11.8. The number of pyridine rings is 1. The summed E-state index contributed by atoms with van der Waals surface area (Å²) in [6, 6.07) is 9.19. The average molecular weight is 267 g/mol. The first kappa shape index (κ1) is 12.3. The van der Waals surface area contributed by atoms with Crippen molar-refractivity contribution < 1.29 is 0 Å². The van der Waals surface area contributed by atoms with E-state index in [4.69, 9.17) is 0 Å². The van der Waals surface area contributed by atoms with E-state index in [-0.39, 0.29) is 0 Å². The summed E-state index contributed by atoms with van der Waals surface area (Å²) in [7, 11) is 0. The molecule has 3 aliphatic heterocycles. The minimum absolute atomic E-state index is 0.663. The Morgan fingerprint density at radius 2 is 2.00 bits per heavy atom. The number of hydrogen-bond donors (Lipinski definition) is 1. The highest BCUT2D eigenvalue weighted by Gasteiger charge is 2.33. The zero-order valence-electron chi connectivity index (χ0n) is 11.8. The predicted molar refractivity (Wildman–Crippen MR) is 81.5 cm³/mol. The first-order valence-electron chi connectivity index (χ1n) is 7.67. The second-order valence-corrected chi connectivity index (χ2v) is 6.15. The number of benzene rings is 1. The van der Waals surface area contributed by atoms with E-state index in [0.29, 0.717) is 6.04 Å². The molecule has 20 heavy (non-hydrogen) atoms. The Labute approximate surface area is 120 Å². The van der Waals surface area contributed by atoms with Gasteiger partial charge in [-0.1, -0.05) is 24.3 Å². The van der Waals surface area contributed by atoms with Gasteiger partial charge in [0.25, 0.3) is 0 Å². The van der Waals surface area contributed by atoms with Crippen molar-refractivity contribution in [3.05, 3.63) is 42.2 Å². The van der Waals surface area contributed by atoms with Crippen LogP contribution < -0.4 is 5.32 Å². The van der Waals surface area contributed by atoms with Gasteiger partial charge in [0.15, 0.2) is 0 Å². The van der Waals surface area contributed by atoms with E-state index < -0.39 is 0 Å². The average Bonchev–Trinajstić information content (AvgIpc) is 2.54. The minimum atomic E-state index is 0.663. The van der Waals surface area contributed by atoms with E-state index in [1.165, 1.54) is 48.8 Å². The lowest BCUT2D eigenvalue weighted by Gasteiger charge is -2.45. The third-order valence-electron chi connectivity index (χ3n) is 4.96. The number of rotatable bonds is 3. The van der Waals surface area contributed by atoms with E-state index in [9.17, 15) is 0 Å². The number of nitrogens with one attached hydrogen (secondary N) is 1. The number of fused-ring (bicyclic) bond motifs is 4. The first-order chi connectivity index (χ1) is 9.90. The number of piperidine rings is 3. The molecule has 3 saturated heterocycles. The molecule has 1 aromatic carbocycles. The van der Waals surface area contributed by atoms with E-state index in [1.807, 2.05) is 12.4 Å². The molecule has 3 aliphatic rings. The second-order valence-electron chi connectivity index (χ2n) is 6.15. The van der Waals surface area contributed by atoms with E-state index in [2.05, 4.69) is 39.5 Å². The maximum atomic E-state index is 4.37. The van der Waals surface area contributed by atoms with Crippen LogP contribution in [0.15, 0.2) is 36.7 Å². The lowest BCUT2D eigenvalue weighted by molar-refractivity contribution is 0.0720. The third-order valence-corrected chi connectivity index (χ3v) is 4.96. The Kier molecular flexibility index (Phi) is 3.17. The molecule has 5 rings (SSSR count). The lowest BCUT2D eigenvalue weighted by atomic mass is 9.84. The van der Waals surface area contributed by atoms with Crippen LogP contribution >= 0.6 is 0 Å². The quantitative estimate of drug-likeness (QED) is 0.925. The molecule has 1 atom stereocenters. The smallest absolute Gasteiger partial charge is 0.0346 e. The summed E-state index contributed by atoms with van der Waals surface area (Å²) in [6.07, 6.45) is 6.70. The maximum absolute atomic E-state index is 4.37. The van der Waals surface area contributed by atoms with Crippen LogP contribution in [-0.4, -0.2) is 35.6 Å². The van der Waals surface area contributed by atoms with Crippen molar-refractivity contribution in [3.63, 3.8) is 0 Å². The molecule has 1 N–H and O–H groups in total. The summed E-state index contributed by atoms with van der Waals surface area (Å²) < 4.78 is 0. The molecular formula is C17H21N3. The van der Waals surface area contributed by atoms with Crippen LogP contribution in [0.3, 0.4) is 0 Å². The normalized spacial score (nSPS) is 28.9. The van der Waals surface area contributed by atoms with Crippen molar-refractivity contribution in [2.24, 2.45) is 5.92 Å². The van der Waals surface area contributed by atoms with Gasteiger partial charge in [0.1, 0.15) is 0 Å². The Hall–Kier alpha value is -1.45. The van der Waals surface area contributed by atoms with Crippen LogP contribution in [0.1, 0.15) is 18.4 Å². The van der Waals surface area contributed by atoms with E-state index >= 15 is 0 Å². The van der Waals surface area contributed by atoms with Gasteiger partial charge in [-0.2, -0.15) is 0 Å². The molecule has 0 amide bonds. The summed E-state index contributed by atoms with van der Waals surface area (Å²) in [5, 5.41) is 6.35. The summed E-state index contributed by atoms with van der Waals surface area (Å²) >= 11 is 0. The lowest BCUT2D eigenvalue weighted by Crippen LogP contribution is -2.55. The summed E-state index contributed by atoms with van der Waals surface area (Å²) in [5.74, 6) is 0.878. The van der Waals surface area contributed by atoms with Crippen LogP contribution in [0.25, 0.3) is 10.8 Å². The molecule has 1 aromatic heterocycles. The number of hydrogen-bond acceptors (Lipinski definition) is 3. The van der Waals surface area contributed by atoms with Gasteiger partial charge in [-0.15, -0.1) is 0 Å². The van der Waals surface area contributed by atoms with Gasteiger partial charge in [-0.05, 0) is 42.8 Å². The highest BCUT2D eigenvalue weighted by molar-refractivity contribution is 5.84. The van der Waals surface area contributed by atoms with E-state index in [1.54, 1.807) is 0 Å². The van der Waals surface area contributed by atoms with Crippen molar-refractivity contribution in [1.82, 2.24) is 15.2 Å². The Balaban J connectivity index is 1.51. The van der Waals surface area contributed by atoms with Gasteiger partial charge >= 0.3 is 0 Å². The predicted octanol–water partition coefficient (Wildman–Crippen LogP) is 2.42. The monoisotopic (exact) mass is 267 g/mol. The molecule has 2 bridgehead atoms. The molecule has 0 spiro atoms. The highest BCUT2D eigenvalue weighted by atomic mass is 15.2. The van der Waals surface area contributed by atoms with Crippen LogP contribution in [-0.2, 0) is 6.54 Å². The summed E-state index contributed by atoms with van der Waals surface area (Å²) in [4.78, 5) is 6.97. The second kappa shape index (κ2) is 5.15. The fourth-order valence-electron chi connectivity index (χ4n) is 3.76. The van der Waals surface area contributed by atoms with Gasteiger partial charge in [0, 0.05) is 36.9 Å². The molecular weight excluding hydrogens is 246 g/mol. The molecule has 3 nitrogen and oxygen atoms in total. The van der Waals surface area contributed by atoms with E-state index in [0.717, 1.165) is 12.5 Å². The Bertz CT molecular complexity index is 597. The molecule has 3 fully saturated rings. The van der Waals surface area contributed by atoms with Gasteiger partial charge in [-0.25, -0.2) is 0 Å². The highest BCUT2D eigenvalue weighted by Crippen LogP contribution is 2.28. The Morgan fingerprint density at radius 1 is 1.15 bits per heavy atom. The molecule has 2 aromatic rings. The van der Waals surface area contributed by atoms with Gasteiger partial charge in [0.2, 0.25) is 0 Å². The summed E-state index contributed by atoms with van der Waals surface area (Å²) in [5.41, 5.74) is 1.32. The number of nitrogens with zero attached hydrogens (tertiary/aromatic N) is 2. The van der Waals surface area contributed by atoms with Gasteiger partial charge in [-0.3, -0.25) is 4.98 Å².